The number of primary amides is 1. The van der Waals surface area contributed by atoms with E-state index in [4.69, 9.17) is 5.73 Å². The summed E-state index contributed by atoms with van der Waals surface area (Å²) in [5, 5.41) is 14.9. The number of hydrogen-bond donors (Lipinski definition) is 2. The molecule has 0 bridgehead atoms. The molecule has 1 fully saturated rings. The van der Waals surface area contributed by atoms with Gasteiger partial charge in [-0.3, -0.25) is 14.4 Å². The van der Waals surface area contributed by atoms with Gasteiger partial charge in [0.2, 0.25) is 5.91 Å². The highest BCUT2D eigenvalue weighted by Gasteiger charge is 2.34. The minimum absolute atomic E-state index is 0.0325. The van der Waals surface area contributed by atoms with E-state index in [1.54, 1.807) is 0 Å². The van der Waals surface area contributed by atoms with Gasteiger partial charge in [0.25, 0.3) is 0 Å². The van der Waals surface area contributed by atoms with E-state index in [-0.39, 0.29) is 12.0 Å². The Morgan fingerprint density at radius 2 is 2.24 bits per heavy atom. The van der Waals surface area contributed by atoms with E-state index in [1.807, 2.05) is 17.1 Å². The van der Waals surface area contributed by atoms with E-state index >= 15 is 0 Å². The molecule has 1 unspecified atom stereocenters. The quantitative estimate of drug-likeness (QED) is 0.862. The van der Waals surface area contributed by atoms with E-state index in [2.05, 4.69) is 30.8 Å². The lowest BCUT2D eigenvalue weighted by atomic mass is 9.89. The normalized spacial score (nSPS) is 24.2. The molecule has 0 radical (unpaired) electrons. The van der Waals surface area contributed by atoms with Gasteiger partial charge >= 0.3 is 0 Å². The summed E-state index contributed by atoms with van der Waals surface area (Å²) in [6.07, 6.45) is 5.45. The lowest BCUT2D eigenvalue weighted by Crippen LogP contribution is -2.49. The van der Waals surface area contributed by atoms with Crippen molar-refractivity contribution in [2.75, 3.05) is 13.1 Å². The van der Waals surface area contributed by atoms with Crippen LogP contribution in [0.3, 0.4) is 0 Å². The minimum atomic E-state index is -0.982. The largest absolute Gasteiger partial charge is 0.388 e. The predicted molar refractivity (Wildman–Crippen MR) is 80.5 cm³/mol. The number of rotatable bonds is 4. The van der Waals surface area contributed by atoms with Crippen LogP contribution < -0.4 is 5.73 Å². The summed E-state index contributed by atoms with van der Waals surface area (Å²) in [5.41, 5.74) is 5.33. The average molecular weight is 294 g/mol. The second kappa shape index (κ2) is 5.77. The van der Waals surface area contributed by atoms with Gasteiger partial charge in [0.15, 0.2) is 0 Å². The number of nitrogens with two attached hydrogens (primary N) is 1. The van der Waals surface area contributed by atoms with Crippen LogP contribution in [0.1, 0.15) is 45.6 Å². The van der Waals surface area contributed by atoms with Gasteiger partial charge < -0.3 is 10.8 Å². The van der Waals surface area contributed by atoms with Crippen molar-refractivity contribution in [3.63, 3.8) is 0 Å². The molecule has 1 atom stereocenters. The molecular weight excluding hydrogens is 268 g/mol. The number of amides is 1. The van der Waals surface area contributed by atoms with Crippen molar-refractivity contribution in [3.05, 3.63) is 18.0 Å². The van der Waals surface area contributed by atoms with Crippen molar-refractivity contribution in [2.24, 2.45) is 5.73 Å². The number of carbonyl (C=O) groups is 1. The zero-order valence-corrected chi connectivity index (χ0v) is 13.2. The predicted octanol–water partition coefficient (Wildman–Crippen LogP) is 0.840. The van der Waals surface area contributed by atoms with E-state index in [0.29, 0.717) is 13.0 Å². The molecule has 21 heavy (non-hydrogen) atoms. The van der Waals surface area contributed by atoms with Crippen LogP contribution in [0, 0.1) is 0 Å². The maximum Gasteiger partial charge on any atom is 0.220 e. The Morgan fingerprint density at radius 3 is 2.81 bits per heavy atom. The summed E-state index contributed by atoms with van der Waals surface area (Å²) in [6, 6.07) is 0. The van der Waals surface area contributed by atoms with Gasteiger partial charge in [-0.2, -0.15) is 5.10 Å². The molecule has 0 aliphatic carbocycles. The number of hydrogen-bond acceptors (Lipinski definition) is 4. The monoisotopic (exact) mass is 294 g/mol. The standard InChI is InChI=1S/C15H26N4O2/c1-14(2,3)19-10-12(8-17-19)9-18-6-4-5-15(21,11-18)7-13(16)20/h8,10,21H,4-7,9,11H2,1-3H3,(H2,16,20). The van der Waals surface area contributed by atoms with Crippen molar-refractivity contribution < 1.29 is 9.90 Å². The second-order valence-corrected chi connectivity index (χ2v) is 7.15. The maximum atomic E-state index is 11.1. The van der Waals surface area contributed by atoms with Crippen LogP contribution in [-0.2, 0) is 16.9 Å². The second-order valence-electron chi connectivity index (χ2n) is 7.15. The maximum absolute atomic E-state index is 11.1. The van der Waals surface area contributed by atoms with Gasteiger partial charge in [-0.15, -0.1) is 0 Å². The lowest BCUT2D eigenvalue weighted by Gasteiger charge is -2.38. The smallest absolute Gasteiger partial charge is 0.220 e. The summed E-state index contributed by atoms with van der Waals surface area (Å²) in [5.74, 6) is -0.445. The molecule has 1 aliphatic rings. The number of aromatic nitrogens is 2. The Hall–Kier alpha value is -1.40. The van der Waals surface area contributed by atoms with Crippen molar-refractivity contribution in [1.82, 2.24) is 14.7 Å². The molecule has 1 aliphatic heterocycles. The Bertz CT molecular complexity index is 506. The molecule has 0 saturated carbocycles. The molecule has 1 amide bonds. The van der Waals surface area contributed by atoms with E-state index in [9.17, 15) is 9.90 Å². The highest BCUT2D eigenvalue weighted by molar-refractivity contribution is 5.75. The van der Waals surface area contributed by atoms with E-state index in [0.717, 1.165) is 25.1 Å². The van der Waals surface area contributed by atoms with Crippen LogP contribution in [0.4, 0.5) is 0 Å². The number of piperidine rings is 1. The molecule has 2 heterocycles. The average Bonchev–Trinajstić information content (AvgIpc) is 2.75. The highest BCUT2D eigenvalue weighted by atomic mass is 16.3. The van der Waals surface area contributed by atoms with Gasteiger partial charge in [0.05, 0.1) is 23.8 Å². The third kappa shape index (κ3) is 4.28. The van der Waals surface area contributed by atoms with Crippen LogP contribution in [0.2, 0.25) is 0 Å². The zero-order valence-electron chi connectivity index (χ0n) is 13.2. The Labute approximate surface area is 125 Å². The number of β-amino-alcohol motifs (C(OH)–C–C–N with tert-alkyl or cyclic N) is 1. The number of likely N-dealkylation sites (tertiary alicyclic amines) is 1. The summed E-state index contributed by atoms with van der Waals surface area (Å²) in [7, 11) is 0. The summed E-state index contributed by atoms with van der Waals surface area (Å²) >= 11 is 0. The topological polar surface area (TPSA) is 84.4 Å². The van der Waals surface area contributed by atoms with Crippen molar-refractivity contribution >= 4 is 5.91 Å². The SMILES string of the molecule is CC(C)(C)n1cc(CN2CCCC(O)(CC(N)=O)C2)cn1. The number of carbonyl (C=O) groups excluding carboxylic acids is 1. The fourth-order valence-corrected chi connectivity index (χ4v) is 2.88. The van der Waals surface area contributed by atoms with Crippen molar-refractivity contribution in [2.45, 2.75) is 57.7 Å². The van der Waals surface area contributed by atoms with Gasteiger partial charge in [-0.1, -0.05) is 0 Å². The third-order valence-electron chi connectivity index (χ3n) is 3.87. The first kappa shape index (κ1) is 16.0. The molecule has 2 rings (SSSR count). The summed E-state index contributed by atoms with van der Waals surface area (Å²) in [4.78, 5) is 13.2. The van der Waals surface area contributed by atoms with Crippen LogP contribution in [0.15, 0.2) is 12.4 Å². The van der Waals surface area contributed by atoms with Gasteiger partial charge in [0.1, 0.15) is 0 Å². The first-order valence-electron chi connectivity index (χ1n) is 7.45. The summed E-state index contributed by atoms with van der Waals surface area (Å²) in [6.45, 7) is 8.46. The van der Waals surface area contributed by atoms with Crippen molar-refractivity contribution in [3.8, 4) is 0 Å². The fourth-order valence-electron chi connectivity index (χ4n) is 2.88. The van der Waals surface area contributed by atoms with Crippen LogP contribution in [-0.4, -0.2) is 44.4 Å². The zero-order chi connectivity index (χ0) is 15.7. The van der Waals surface area contributed by atoms with Crippen molar-refractivity contribution in [1.29, 1.82) is 0 Å². The lowest BCUT2D eigenvalue weighted by molar-refractivity contribution is -0.125. The van der Waals surface area contributed by atoms with Gasteiger partial charge in [0, 0.05) is 24.8 Å². The Balaban J connectivity index is 1.99. The molecule has 1 aromatic rings. The van der Waals surface area contributed by atoms with E-state index < -0.39 is 11.5 Å². The highest BCUT2D eigenvalue weighted by Crippen LogP contribution is 2.25. The van der Waals surface area contributed by atoms with Crippen LogP contribution in [0.5, 0.6) is 0 Å². The molecule has 6 heteroatoms. The molecule has 6 nitrogen and oxygen atoms in total. The summed E-state index contributed by atoms with van der Waals surface area (Å²) < 4.78 is 1.95. The van der Waals surface area contributed by atoms with E-state index in [1.165, 1.54) is 0 Å². The first-order chi connectivity index (χ1) is 9.68. The van der Waals surface area contributed by atoms with Gasteiger partial charge in [-0.05, 0) is 40.2 Å². The van der Waals surface area contributed by atoms with Gasteiger partial charge in [-0.25, -0.2) is 0 Å². The molecule has 1 saturated heterocycles. The Morgan fingerprint density at radius 1 is 1.52 bits per heavy atom. The third-order valence-corrected chi connectivity index (χ3v) is 3.87. The molecule has 1 aromatic heterocycles. The first-order valence-corrected chi connectivity index (χ1v) is 7.45. The molecule has 3 N–H and O–H groups in total. The number of nitrogens with zero attached hydrogens (tertiary/aromatic N) is 3. The number of aliphatic hydroxyl groups is 1. The molecule has 0 spiro atoms. The fraction of sp³-hybridized carbons (Fsp3) is 0.733. The van der Waals surface area contributed by atoms with Crippen LogP contribution in [0.25, 0.3) is 0 Å². The minimum Gasteiger partial charge on any atom is -0.388 e. The molecule has 0 aromatic carbocycles. The Kier molecular flexibility index (Phi) is 4.39. The molecular formula is C15H26N4O2. The van der Waals surface area contributed by atoms with Crippen LogP contribution >= 0.6 is 0 Å². The molecule has 118 valence electrons.